The van der Waals surface area contributed by atoms with Crippen molar-refractivity contribution in [2.45, 2.75) is 12.8 Å². The third-order valence-electron chi connectivity index (χ3n) is 3.12. The summed E-state index contributed by atoms with van der Waals surface area (Å²) in [5, 5.41) is 8.83. The van der Waals surface area contributed by atoms with Gasteiger partial charge in [-0.2, -0.15) is 5.10 Å². The highest BCUT2D eigenvalue weighted by Gasteiger charge is 2.21. The predicted octanol–water partition coefficient (Wildman–Crippen LogP) is 1.18. The summed E-state index contributed by atoms with van der Waals surface area (Å²) < 4.78 is 0. The summed E-state index contributed by atoms with van der Waals surface area (Å²) in [7, 11) is 0. The lowest BCUT2D eigenvalue weighted by Crippen LogP contribution is -2.23. The minimum Gasteiger partial charge on any atom is -0.319 e. The molecule has 1 saturated heterocycles. The molecule has 0 unspecified atom stereocenters. The Morgan fingerprint density at radius 2 is 2.30 bits per heavy atom. The smallest absolute Gasteiger partial charge is 0.292 e. The molecule has 102 valence electrons. The molecule has 3 rings (SSSR count). The average Bonchev–Trinajstić information content (AvgIpc) is 3.10. The molecular weight excluding hydrogens is 258 g/mol. The van der Waals surface area contributed by atoms with E-state index in [0.29, 0.717) is 12.1 Å². The number of rotatable bonds is 3. The number of amides is 2. The van der Waals surface area contributed by atoms with E-state index in [-0.39, 0.29) is 17.6 Å². The van der Waals surface area contributed by atoms with Crippen LogP contribution in [0, 0.1) is 0 Å². The van der Waals surface area contributed by atoms with Gasteiger partial charge in [-0.15, -0.1) is 0 Å². The Bertz CT molecular complexity index is 638. The first-order valence-electron chi connectivity index (χ1n) is 6.31. The van der Waals surface area contributed by atoms with Crippen molar-refractivity contribution in [2.24, 2.45) is 0 Å². The van der Waals surface area contributed by atoms with Gasteiger partial charge in [-0.1, -0.05) is 6.07 Å². The number of H-pyrrole nitrogens is 1. The summed E-state index contributed by atoms with van der Waals surface area (Å²) >= 11 is 0. The molecule has 0 aliphatic carbocycles. The van der Waals surface area contributed by atoms with Gasteiger partial charge in [0.1, 0.15) is 6.33 Å². The van der Waals surface area contributed by atoms with Gasteiger partial charge in [0.05, 0.1) is 0 Å². The summed E-state index contributed by atoms with van der Waals surface area (Å²) in [6, 6.07) is 7.19. The number of benzene rings is 1. The van der Waals surface area contributed by atoms with Crippen molar-refractivity contribution in [3.63, 3.8) is 0 Å². The van der Waals surface area contributed by atoms with Gasteiger partial charge in [-0.3, -0.25) is 14.7 Å². The van der Waals surface area contributed by atoms with Crippen LogP contribution in [0.3, 0.4) is 0 Å². The van der Waals surface area contributed by atoms with E-state index in [4.69, 9.17) is 0 Å². The fourth-order valence-corrected chi connectivity index (χ4v) is 2.18. The molecule has 1 aromatic carbocycles. The van der Waals surface area contributed by atoms with E-state index in [1.54, 1.807) is 23.1 Å². The Labute approximate surface area is 115 Å². The van der Waals surface area contributed by atoms with Crippen LogP contribution in [0.2, 0.25) is 0 Å². The minimum absolute atomic E-state index is 0.115. The van der Waals surface area contributed by atoms with E-state index in [0.717, 1.165) is 18.7 Å². The fraction of sp³-hybridized carbons (Fsp3) is 0.231. The van der Waals surface area contributed by atoms with Crippen LogP contribution < -0.4 is 10.2 Å². The Balaban J connectivity index is 1.78. The fourth-order valence-electron chi connectivity index (χ4n) is 2.18. The number of hydrogen-bond donors (Lipinski definition) is 2. The lowest BCUT2D eigenvalue weighted by Gasteiger charge is -2.16. The standard InChI is InChI=1S/C13H13N5O2/c19-11-5-2-6-18(11)10-4-1-3-9(7-10)16-13(20)12-14-8-15-17-12/h1,3-4,7-8H,2,5-6H2,(H,16,20)(H,14,15,17). The maximum Gasteiger partial charge on any atom is 0.292 e. The Morgan fingerprint density at radius 1 is 1.40 bits per heavy atom. The largest absolute Gasteiger partial charge is 0.319 e. The van der Waals surface area contributed by atoms with Crippen molar-refractivity contribution in [3.8, 4) is 0 Å². The molecule has 1 aromatic heterocycles. The van der Waals surface area contributed by atoms with Crippen molar-refractivity contribution >= 4 is 23.2 Å². The maximum atomic E-state index is 11.8. The van der Waals surface area contributed by atoms with Gasteiger partial charge in [0.2, 0.25) is 11.7 Å². The van der Waals surface area contributed by atoms with E-state index in [2.05, 4.69) is 20.5 Å². The molecule has 2 amide bonds. The Kier molecular flexibility index (Phi) is 3.16. The quantitative estimate of drug-likeness (QED) is 0.877. The molecule has 0 radical (unpaired) electrons. The second-order valence-electron chi connectivity index (χ2n) is 4.49. The number of aromatic amines is 1. The first-order valence-corrected chi connectivity index (χ1v) is 6.31. The number of carbonyl (C=O) groups excluding carboxylic acids is 2. The predicted molar refractivity (Wildman–Crippen MR) is 72.4 cm³/mol. The number of aromatic nitrogens is 3. The second kappa shape index (κ2) is 5.12. The summed E-state index contributed by atoms with van der Waals surface area (Å²) in [5.74, 6) is -0.108. The number of carbonyl (C=O) groups is 2. The van der Waals surface area contributed by atoms with Crippen LogP contribution in [0.15, 0.2) is 30.6 Å². The molecule has 1 aliphatic heterocycles. The first-order chi connectivity index (χ1) is 9.74. The zero-order chi connectivity index (χ0) is 13.9. The zero-order valence-electron chi connectivity index (χ0n) is 10.7. The molecule has 1 fully saturated rings. The SMILES string of the molecule is O=C(Nc1cccc(N2CCCC2=O)c1)c1ncn[nH]1. The van der Waals surface area contributed by atoms with Gasteiger partial charge < -0.3 is 10.2 Å². The number of anilines is 2. The molecule has 2 aromatic rings. The lowest BCUT2D eigenvalue weighted by atomic mass is 10.2. The average molecular weight is 271 g/mol. The van der Waals surface area contributed by atoms with Crippen LogP contribution in [-0.4, -0.2) is 33.5 Å². The van der Waals surface area contributed by atoms with Crippen LogP contribution >= 0.6 is 0 Å². The van der Waals surface area contributed by atoms with Crippen LogP contribution in [0.4, 0.5) is 11.4 Å². The lowest BCUT2D eigenvalue weighted by molar-refractivity contribution is -0.117. The van der Waals surface area contributed by atoms with Gasteiger partial charge in [-0.05, 0) is 24.6 Å². The Morgan fingerprint density at radius 3 is 3.00 bits per heavy atom. The van der Waals surface area contributed by atoms with E-state index in [1.165, 1.54) is 6.33 Å². The molecule has 0 saturated carbocycles. The van der Waals surface area contributed by atoms with Gasteiger partial charge >= 0.3 is 0 Å². The number of hydrogen-bond acceptors (Lipinski definition) is 4. The Hall–Kier alpha value is -2.70. The highest BCUT2D eigenvalue weighted by molar-refractivity contribution is 6.02. The van der Waals surface area contributed by atoms with Crippen LogP contribution in [0.5, 0.6) is 0 Å². The van der Waals surface area contributed by atoms with E-state index in [9.17, 15) is 9.59 Å². The number of nitrogens with zero attached hydrogens (tertiary/aromatic N) is 3. The molecular formula is C13H13N5O2. The zero-order valence-corrected chi connectivity index (χ0v) is 10.7. The van der Waals surface area contributed by atoms with Gasteiger partial charge in [0, 0.05) is 24.3 Å². The third-order valence-corrected chi connectivity index (χ3v) is 3.12. The van der Waals surface area contributed by atoms with Crippen molar-refractivity contribution < 1.29 is 9.59 Å². The first kappa shape index (κ1) is 12.3. The topological polar surface area (TPSA) is 91.0 Å². The van der Waals surface area contributed by atoms with Crippen molar-refractivity contribution in [1.82, 2.24) is 15.2 Å². The molecule has 0 atom stereocenters. The van der Waals surface area contributed by atoms with Crippen LogP contribution in [0.1, 0.15) is 23.5 Å². The van der Waals surface area contributed by atoms with Gasteiger partial charge in [-0.25, -0.2) is 4.98 Å². The molecule has 20 heavy (non-hydrogen) atoms. The van der Waals surface area contributed by atoms with E-state index in [1.807, 2.05) is 6.07 Å². The highest BCUT2D eigenvalue weighted by Crippen LogP contribution is 2.24. The number of nitrogens with one attached hydrogen (secondary N) is 2. The molecule has 0 bridgehead atoms. The summed E-state index contributed by atoms with van der Waals surface area (Å²) in [6.45, 7) is 0.721. The monoisotopic (exact) mass is 271 g/mol. The van der Waals surface area contributed by atoms with Crippen molar-refractivity contribution in [2.75, 3.05) is 16.8 Å². The van der Waals surface area contributed by atoms with Crippen molar-refractivity contribution in [3.05, 3.63) is 36.4 Å². The van der Waals surface area contributed by atoms with Crippen LogP contribution in [-0.2, 0) is 4.79 Å². The normalized spacial score (nSPS) is 14.6. The highest BCUT2D eigenvalue weighted by atomic mass is 16.2. The minimum atomic E-state index is -0.368. The summed E-state index contributed by atoms with van der Waals surface area (Å²) in [6.07, 6.45) is 2.72. The third kappa shape index (κ3) is 2.37. The van der Waals surface area contributed by atoms with E-state index >= 15 is 0 Å². The molecule has 7 heteroatoms. The summed E-state index contributed by atoms with van der Waals surface area (Å²) in [4.78, 5) is 29.1. The van der Waals surface area contributed by atoms with Gasteiger partial charge in [0.25, 0.3) is 5.91 Å². The molecule has 0 spiro atoms. The molecule has 2 heterocycles. The second-order valence-corrected chi connectivity index (χ2v) is 4.49. The maximum absolute atomic E-state index is 11.8. The molecule has 1 aliphatic rings. The summed E-state index contributed by atoms with van der Waals surface area (Å²) in [5.41, 5.74) is 1.41. The molecule has 7 nitrogen and oxygen atoms in total. The van der Waals surface area contributed by atoms with E-state index < -0.39 is 0 Å². The van der Waals surface area contributed by atoms with Gasteiger partial charge in [0.15, 0.2) is 0 Å². The molecule has 2 N–H and O–H groups in total. The van der Waals surface area contributed by atoms with Crippen LogP contribution in [0.25, 0.3) is 0 Å². The van der Waals surface area contributed by atoms with Crippen molar-refractivity contribution in [1.29, 1.82) is 0 Å².